The van der Waals surface area contributed by atoms with Gasteiger partial charge in [0, 0.05) is 54.8 Å². The summed E-state index contributed by atoms with van der Waals surface area (Å²) < 4.78 is 81.6. The standard InChI is InChI=1S/C42H51F3N6O5S/c1-7-30-24-49(8-2)18-19-50(30)41(53)36-37(48(5)46-39(36)42(43,44)45)29-20-28-21-31(56-6)15-17-32(28)38-35(26-12-10-9-11-13-26)33-16-14-27(22-34(33)51(38)23-29)40(52)47-57(54,55)25(3)4/h14-17,20-22,25-26,30H,7-13,18-19,23-24H2,1-6H3,(H,47,52). The van der Waals surface area contributed by atoms with Gasteiger partial charge in [0.05, 0.1) is 35.9 Å². The Kier molecular flexibility index (Phi) is 11.1. The van der Waals surface area contributed by atoms with Crippen LogP contribution in [-0.4, -0.2) is 89.0 Å². The molecule has 1 unspecified atom stereocenters. The number of piperazine rings is 1. The Balaban J connectivity index is 1.48. The molecule has 0 bridgehead atoms. The lowest BCUT2D eigenvalue weighted by molar-refractivity contribution is -0.141. The first-order valence-corrected chi connectivity index (χ1v) is 21.4. The van der Waals surface area contributed by atoms with E-state index in [1.165, 1.54) is 25.6 Å². The first kappa shape index (κ1) is 40.6. The maximum Gasteiger partial charge on any atom is 0.435 e. The second-order valence-electron chi connectivity index (χ2n) is 15.7. The SMILES string of the molecule is CCC1CN(CC)CCN1C(=O)c1c(C(F)(F)F)nn(C)c1C1=Cc2cc(OC)ccc2-c2c(C3CCCCC3)c3ccc(C(=O)NS(=O)(=O)C(C)C)cc3n2C1. The van der Waals surface area contributed by atoms with E-state index in [9.17, 15) is 18.0 Å². The van der Waals surface area contributed by atoms with Gasteiger partial charge in [-0.15, -0.1) is 0 Å². The minimum absolute atomic E-state index is 0.0306. The molecule has 2 fully saturated rings. The number of ether oxygens (including phenoxy) is 1. The number of hydrogen-bond donors (Lipinski definition) is 1. The van der Waals surface area contributed by atoms with Crippen LogP contribution in [0.25, 0.3) is 33.8 Å². The third-order valence-corrected chi connectivity index (χ3v) is 13.7. The van der Waals surface area contributed by atoms with Crippen LogP contribution in [0.3, 0.4) is 0 Å². The van der Waals surface area contributed by atoms with Crippen molar-refractivity contribution in [1.29, 1.82) is 0 Å². The molecule has 4 aromatic rings. The number of alkyl halides is 3. The van der Waals surface area contributed by atoms with E-state index < -0.39 is 44.5 Å². The summed E-state index contributed by atoms with van der Waals surface area (Å²) in [7, 11) is -0.953. The van der Waals surface area contributed by atoms with Crippen molar-refractivity contribution >= 4 is 44.4 Å². The highest BCUT2D eigenvalue weighted by atomic mass is 32.2. The average molecular weight is 809 g/mol. The van der Waals surface area contributed by atoms with E-state index in [2.05, 4.69) is 14.7 Å². The van der Waals surface area contributed by atoms with Crippen LogP contribution >= 0.6 is 0 Å². The molecule has 11 nitrogen and oxygen atoms in total. The summed E-state index contributed by atoms with van der Waals surface area (Å²) >= 11 is 0. The Morgan fingerprint density at radius 3 is 2.40 bits per heavy atom. The van der Waals surface area contributed by atoms with Crippen molar-refractivity contribution in [3.05, 3.63) is 70.0 Å². The minimum atomic E-state index is -4.92. The number of carbonyl (C=O) groups excluding carboxylic acids is 2. The molecule has 15 heteroatoms. The molecule has 0 spiro atoms. The number of likely N-dealkylation sites (N-methyl/N-ethyl adjacent to an activating group) is 1. The zero-order valence-electron chi connectivity index (χ0n) is 33.4. The van der Waals surface area contributed by atoms with Crippen molar-refractivity contribution in [2.24, 2.45) is 7.05 Å². The topological polar surface area (TPSA) is 119 Å². The molecular weight excluding hydrogens is 758 g/mol. The number of nitrogens with one attached hydrogen (secondary N) is 1. The Labute approximate surface area is 331 Å². The number of hydrogen-bond acceptors (Lipinski definition) is 7. The minimum Gasteiger partial charge on any atom is -0.497 e. The number of aromatic nitrogens is 3. The van der Waals surface area contributed by atoms with Gasteiger partial charge in [0.15, 0.2) is 5.69 Å². The molecule has 0 radical (unpaired) electrons. The quantitative estimate of drug-likeness (QED) is 0.184. The highest BCUT2D eigenvalue weighted by molar-refractivity contribution is 7.90. The van der Waals surface area contributed by atoms with E-state index in [4.69, 9.17) is 4.74 Å². The molecule has 1 saturated heterocycles. The first-order chi connectivity index (χ1) is 27.1. The van der Waals surface area contributed by atoms with Gasteiger partial charge < -0.3 is 14.2 Å². The van der Waals surface area contributed by atoms with E-state index in [1.807, 2.05) is 48.8 Å². The predicted molar refractivity (Wildman–Crippen MR) is 215 cm³/mol. The highest BCUT2D eigenvalue weighted by Crippen LogP contribution is 2.48. The average Bonchev–Trinajstić information content (AvgIpc) is 3.65. The summed E-state index contributed by atoms with van der Waals surface area (Å²) in [5, 5.41) is 4.04. The molecule has 2 aromatic heterocycles. The van der Waals surface area contributed by atoms with Crippen LogP contribution in [0.15, 0.2) is 36.4 Å². The Morgan fingerprint density at radius 2 is 1.75 bits per heavy atom. The van der Waals surface area contributed by atoms with Gasteiger partial charge in [-0.3, -0.25) is 19.2 Å². The van der Waals surface area contributed by atoms with Gasteiger partial charge in [0.2, 0.25) is 10.0 Å². The third kappa shape index (κ3) is 7.48. The maximum atomic E-state index is 15.0. The molecule has 1 atom stereocenters. The lowest BCUT2D eigenvalue weighted by Crippen LogP contribution is -2.55. The number of rotatable bonds is 9. The summed E-state index contributed by atoms with van der Waals surface area (Å²) in [6.07, 6.45) is 2.55. The number of fused-ring (bicyclic) bond motifs is 5. The predicted octanol–water partition coefficient (Wildman–Crippen LogP) is 7.70. The number of sulfonamides is 1. The molecule has 1 aliphatic carbocycles. The summed E-state index contributed by atoms with van der Waals surface area (Å²) in [6, 6.07) is 10.5. The van der Waals surface area contributed by atoms with Crippen LogP contribution in [-0.2, 0) is 29.8 Å². The Hall–Kier alpha value is -4.63. The number of halogens is 3. The normalized spacial score (nSPS) is 18.3. The molecule has 7 rings (SSSR count). The first-order valence-electron chi connectivity index (χ1n) is 19.9. The molecule has 1 saturated carbocycles. The van der Waals surface area contributed by atoms with E-state index in [1.54, 1.807) is 24.1 Å². The summed E-state index contributed by atoms with van der Waals surface area (Å²) in [5.74, 6) is -0.781. The third-order valence-electron chi connectivity index (χ3n) is 12.0. The number of carbonyl (C=O) groups is 2. The molecule has 1 N–H and O–H groups in total. The molecule has 2 aromatic carbocycles. The lowest BCUT2D eigenvalue weighted by atomic mass is 9.81. The van der Waals surface area contributed by atoms with Gasteiger partial charge in [-0.2, -0.15) is 18.3 Å². The Bertz CT molecular complexity index is 2360. The fourth-order valence-corrected chi connectivity index (χ4v) is 9.50. The number of nitrogens with zero attached hydrogens (tertiary/aromatic N) is 5. The van der Waals surface area contributed by atoms with Crippen LogP contribution < -0.4 is 9.46 Å². The van der Waals surface area contributed by atoms with Crippen molar-refractivity contribution in [1.82, 2.24) is 28.9 Å². The van der Waals surface area contributed by atoms with Crippen molar-refractivity contribution in [3.8, 4) is 17.0 Å². The van der Waals surface area contributed by atoms with Gasteiger partial charge in [-0.1, -0.05) is 39.2 Å². The van der Waals surface area contributed by atoms with Gasteiger partial charge in [0.25, 0.3) is 11.8 Å². The van der Waals surface area contributed by atoms with Crippen molar-refractivity contribution in [2.75, 3.05) is 33.3 Å². The fraction of sp³-hybridized carbons (Fsp3) is 0.500. The summed E-state index contributed by atoms with van der Waals surface area (Å²) in [6.45, 7) is 9.12. The molecule has 57 heavy (non-hydrogen) atoms. The number of amides is 2. The van der Waals surface area contributed by atoms with Crippen LogP contribution in [0, 0.1) is 0 Å². The van der Waals surface area contributed by atoms with E-state index in [0.717, 1.165) is 60.9 Å². The molecule has 2 amide bonds. The molecule has 306 valence electrons. The maximum absolute atomic E-state index is 15.0. The zero-order chi connectivity index (χ0) is 41.0. The summed E-state index contributed by atoms with van der Waals surface area (Å²) in [4.78, 5) is 32.0. The van der Waals surface area contributed by atoms with E-state index in [-0.39, 0.29) is 36.3 Å². The van der Waals surface area contributed by atoms with E-state index >= 15 is 13.2 Å². The Morgan fingerprint density at radius 1 is 1.02 bits per heavy atom. The van der Waals surface area contributed by atoms with Crippen LogP contribution in [0.2, 0.25) is 0 Å². The lowest BCUT2D eigenvalue weighted by Gasteiger charge is -2.41. The highest BCUT2D eigenvalue weighted by Gasteiger charge is 2.44. The van der Waals surface area contributed by atoms with Gasteiger partial charge in [-0.25, -0.2) is 13.1 Å². The molecular formula is C42H51F3N6O5S. The molecule has 4 heterocycles. The number of aryl methyl sites for hydroxylation is 1. The second-order valence-corrected chi connectivity index (χ2v) is 17.9. The van der Waals surface area contributed by atoms with Crippen LogP contribution in [0.1, 0.15) is 115 Å². The van der Waals surface area contributed by atoms with Crippen LogP contribution in [0.5, 0.6) is 5.75 Å². The zero-order valence-corrected chi connectivity index (χ0v) is 34.2. The second kappa shape index (κ2) is 15.6. The monoisotopic (exact) mass is 808 g/mol. The fourth-order valence-electron chi connectivity index (χ4n) is 8.89. The number of methoxy groups -OCH3 is 1. The van der Waals surface area contributed by atoms with Crippen molar-refractivity contribution in [2.45, 2.75) is 96.2 Å². The van der Waals surface area contributed by atoms with Crippen LogP contribution in [0.4, 0.5) is 13.2 Å². The molecule has 3 aliphatic rings. The summed E-state index contributed by atoms with van der Waals surface area (Å²) in [5.41, 5.74) is 2.95. The molecule has 2 aliphatic heterocycles. The van der Waals surface area contributed by atoms with Gasteiger partial charge >= 0.3 is 6.18 Å². The largest absolute Gasteiger partial charge is 0.497 e. The smallest absolute Gasteiger partial charge is 0.435 e. The van der Waals surface area contributed by atoms with E-state index in [0.29, 0.717) is 41.9 Å². The van der Waals surface area contributed by atoms with Crippen molar-refractivity contribution in [3.63, 3.8) is 0 Å². The number of allylic oxidation sites excluding steroid dienone is 1. The van der Waals surface area contributed by atoms with Gasteiger partial charge in [0.1, 0.15) is 5.75 Å². The van der Waals surface area contributed by atoms with Crippen molar-refractivity contribution < 1.29 is 35.9 Å². The van der Waals surface area contributed by atoms with Gasteiger partial charge in [-0.05, 0) is 98.7 Å². The number of benzene rings is 2.